The Bertz CT molecular complexity index is 1510. The van der Waals surface area contributed by atoms with Crippen LogP contribution in [0.1, 0.15) is 81.9 Å². The molecular formula is C32H41N7O4. The van der Waals surface area contributed by atoms with Gasteiger partial charge in [-0.25, -0.2) is 19.2 Å². The van der Waals surface area contributed by atoms with E-state index in [0.29, 0.717) is 37.5 Å². The van der Waals surface area contributed by atoms with Crippen LogP contribution >= 0.6 is 0 Å². The van der Waals surface area contributed by atoms with E-state index in [1.54, 1.807) is 9.58 Å². The molecule has 0 unspecified atom stereocenters. The highest BCUT2D eigenvalue weighted by molar-refractivity contribution is 6.07. The van der Waals surface area contributed by atoms with E-state index in [1.807, 2.05) is 71.9 Å². The Morgan fingerprint density at radius 1 is 1.05 bits per heavy atom. The van der Waals surface area contributed by atoms with E-state index in [9.17, 15) is 9.59 Å². The van der Waals surface area contributed by atoms with Gasteiger partial charge in [-0.15, -0.1) is 0 Å². The Labute approximate surface area is 252 Å². The standard InChI is InChI=1S/C32H41N7O4/c1-10-38-28(33-9)25(20-34-38)29(40)35-27-19-26(23-15-17-37(18-16-23)30(41)43-32(6,7)8)36-39(27)24-13-11-22(12-14-24)21(2)42-31(3,4)5/h10-14,19-20,23H,1-2,9,15-18H2,3-8H3,(H,35,40). The summed E-state index contributed by atoms with van der Waals surface area (Å²) in [5, 5.41) is 12.0. The Morgan fingerprint density at radius 3 is 2.23 bits per heavy atom. The van der Waals surface area contributed by atoms with Crippen molar-refractivity contribution in [3.05, 3.63) is 66.5 Å². The van der Waals surface area contributed by atoms with Gasteiger partial charge in [-0.1, -0.05) is 13.2 Å². The zero-order valence-electron chi connectivity index (χ0n) is 25.9. The number of nitrogens with one attached hydrogen (secondary N) is 1. The van der Waals surface area contributed by atoms with Gasteiger partial charge in [0.2, 0.25) is 0 Å². The molecule has 2 amide bonds. The fourth-order valence-electron chi connectivity index (χ4n) is 4.78. The molecule has 3 heterocycles. The third kappa shape index (κ3) is 7.59. The van der Waals surface area contributed by atoms with Crippen molar-refractivity contribution in [2.24, 2.45) is 4.99 Å². The number of amides is 2. The van der Waals surface area contributed by atoms with E-state index in [1.165, 1.54) is 17.1 Å². The second kappa shape index (κ2) is 12.3. The third-order valence-electron chi connectivity index (χ3n) is 6.73. The normalized spacial score (nSPS) is 14.2. The maximum absolute atomic E-state index is 13.4. The average molecular weight is 588 g/mol. The van der Waals surface area contributed by atoms with Gasteiger partial charge in [-0.2, -0.15) is 10.2 Å². The molecule has 43 heavy (non-hydrogen) atoms. The first-order valence-electron chi connectivity index (χ1n) is 14.2. The number of rotatable bonds is 8. The molecule has 0 aliphatic carbocycles. The second-order valence-electron chi connectivity index (χ2n) is 12.4. The summed E-state index contributed by atoms with van der Waals surface area (Å²) in [5.74, 6) is 1.01. The van der Waals surface area contributed by atoms with Gasteiger partial charge in [0.05, 0.1) is 17.6 Å². The van der Waals surface area contributed by atoms with Crippen LogP contribution in [0.2, 0.25) is 0 Å². The van der Waals surface area contributed by atoms with E-state index < -0.39 is 11.5 Å². The molecule has 0 spiro atoms. The summed E-state index contributed by atoms with van der Waals surface area (Å²) in [6.45, 7) is 23.9. The number of aliphatic imine (C=N–C) groups is 1. The summed E-state index contributed by atoms with van der Waals surface area (Å²) in [4.78, 5) is 31.6. The lowest BCUT2D eigenvalue weighted by atomic mass is 9.94. The van der Waals surface area contributed by atoms with Crippen LogP contribution in [0.15, 0.2) is 54.7 Å². The molecule has 228 valence electrons. The van der Waals surface area contributed by atoms with Gasteiger partial charge in [-0.05, 0) is 85.4 Å². The monoisotopic (exact) mass is 587 g/mol. The summed E-state index contributed by atoms with van der Waals surface area (Å²) >= 11 is 0. The smallest absolute Gasteiger partial charge is 0.410 e. The van der Waals surface area contributed by atoms with Gasteiger partial charge in [0.25, 0.3) is 5.91 Å². The number of hydrogen-bond acceptors (Lipinski definition) is 7. The summed E-state index contributed by atoms with van der Waals surface area (Å²) in [5.41, 5.74) is 1.72. The molecule has 1 saturated heterocycles. The maximum Gasteiger partial charge on any atom is 0.410 e. The van der Waals surface area contributed by atoms with Crippen LogP contribution in [0.25, 0.3) is 17.6 Å². The fourth-order valence-corrected chi connectivity index (χ4v) is 4.78. The van der Waals surface area contributed by atoms with Crippen molar-refractivity contribution in [3.8, 4) is 5.69 Å². The Kier molecular flexibility index (Phi) is 8.93. The van der Waals surface area contributed by atoms with E-state index in [-0.39, 0.29) is 29.0 Å². The number of aromatic nitrogens is 4. The third-order valence-corrected chi connectivity index (χ3v) is 6.73. The number of piperidine rings is 1. The lowest BCUT2D eigenvalue weighted by molar-refractivity contribution is 0.0204. The van der Waals surface area contributed by atoms with Crippen molar-refractivity contribution < 1.29 is 19.1 Å². The molecule has 1 fully saturated rings. The van der Waals surface area contributed by atoms with Gasteiger partial charge in [0.1, 0.15) is 28.3 Å². The predicted molar refractivity (Wildman–Crippen MR) is 169 cm³/mol. The van der Waals surface area contributed by atoms with Crippen molar-refractivity contribution in [2.75, 3.05) is 18.4 Å². The molecule has 1 aliphatic rings. The van der Waals surface area contributed by atoms with Gasteiger partial charge in [0.15, 0.2) is 5.82 Å². The minimum atomic E-state index is -0.552. The molecule has 11 heteroatoms. The van der Waals surface area contributed by atoms with Crippen LogP contribution in [0.4, 0.5) is 16.4 Å². The number of carbonyl (C=O) groups excluding carboxylic acids is 2. The number of likely N-dealkylation sites (tertiary alicyclic amines) is 1. The van der Waals surface area contributed by atoms with E-state index >= 15 is 0 Å². The van der Waals surface area contributed by atoms with Crippen molar-refractivity contribution in [1.82, 2.24) is 24.5 Å². The van der Waals surface area contributed by atoms with Gasteiger partial charge in [0, 0.05) is 36.8 Å². The molecule has 1 aromatic carbocycles. The molecule has 0 radical (unpaired) electrons. The number of nitrogens with zero attached hydrogens (tertiary/aromatic N) is 6. The van der Waals surface area contributed by atoms with E-state index in [0.717, 1.165) is 16.9 Å². The van der Waals surface area contributed by atoms with Crippen molar-refractivity contribution >= 4 is 42.3 Å². The Balaban J connectivity index is 1.61. The van der Waals surface area contributed by atoms with Crippen molar-refractivity contribution in [3.63, 3.8) is 0 Å². The first-order chi connectivity index (χ1) is 20.2. The molecule has 0 saturated carbocycles. The summed E-state index contributed by atoms with van der Waals surface area (Å²) in [6, 6.07) is 9.49. The number of benzene rings is 1. The predicted octanol–water partition coefficient (Wildman–Crippen LogP) is 6.65. The zero-order valence-corrected chi connectivity index (χ0v) is 25.9. The zero-order chi connectivity index (χ0) is 31.5. The molecule has 2 aromatic heterocycles. The number of ether oxygens (including phenoxy) is 2. The number of carbonyl (C=O) groups is 2. The average Bonchev–Trinajstić information content (AvgIpc) is 3.55. The molecule has 0 atom stereocenters. The first-order valence-corrected chi connectivity index (χ1v) is 14.2. The van der Waals surface area contributed by atoms with Gasteiger partial charge in [-0.3, -0.25) is 4.79 Å². The van der Waals surface area contributed by atoms with Crippen LogP contribution in [0.3, 0.4) is 0 Å². The first kappa shape index (κ1) is 31.3. The van der Waals surface area contributed by atoms with Crippen molar-refractivity contribution in [1.29, 1.82) is 0 Å². The highest BCUT2D eigenvalue weighted by Crippen LogP contribution is 2.32. The topological polar surface area (TPSA) is 116 Å². The number of hydrogen-bond donors (Lipinski definition) is 1. The van der Waals surface area contributed by atoms with Gasteiger partial charge < -0.3 is 19.7 Å². The quantitative estimate of drug-likeness (QED) is 0.233. The summed E-state index contributed by atoms with van der Waals surface area (Å²) in [7, 11) is 0. The molecular weight excluding hydrogens is 546 g/mol. The van der Waals surface area contributed by atoms with E-state index in [4.69, 9.17) is 14.6 Å². The number of anilines is 1. The van der Waals surface area contributed by atoms with Crippen LogP contribution in [0.5, 0.6) is 0 Å². The van der Waals surface area contributed by atoms with E-state index in [2.05, 4.69) is 35.3 Å². The summed E-state index contributed by atoms with van der Waals surface area (Å²) < 4.78 is 14.6. The minimum absolute atomic E-state index is 0.0868. The lowest BCUT2D eigenvalue weighted by Gasteiger charge is -2.32. The van der Waals surface area contributed by atoms with Gasteiger partial charge >= 0.3 is 6.09 Å². The highest BCUT2D eigenvalue weighted by Gasteiger charge is 2.30. The Hall–Kier alpha value is -4.67. The largest absolute Gasteiger partial charge is 0.488 e. The van der Waals surface area contributed by atoms with Crippen LogP contribution in [-0.2, 0) is 9.47 Å². The Morgan fingerprint density at radius 2 is 1.67 bits per heavy atom. The summed E-state index contributed by atoms with van der Waals surface area (Å²) in [6.07, 6.45) is 3.98. The molecule has 11 nitrogen and oxygen atoms in total. The minimum Gasteiger partial charge on any atom is -0.488 e. The molecule has 1 aliphatic heterocycles. The lowest BCUT2D eigenvalue weighted by Crippen LogP contribution is -2.41. The maximum atomic E-state index is 13.4. The molecule has 4 rings (SSSR count). The van der Waals surface area contributed by atoms with Crippen LogP contribution in [0, 0.1) is 0 Å². The molecule has 0 bridgehead atoms. The second-order valence-corrected chi connectivity index (χ2v) is 12.4. The van der Waals surface area contributed by atoms with Crippen molar-refractivity contribution in [2.45, 2.75) is 71.5 Å². The molecule has 3 aromatic rings. The van der Waals surface area contributed by atoms with Crippen LogP contribution in [-0.4, -0.2) is 67.5 Å². The highest BCUT2D eigenvalue weighted by atomic mass is 16.6. The van der Waals surface area contributed by atoms with Crippen LogP contribution < -0.4 is 5.32 Å². The molecule has 1 N–H and O–H groups in total. The fraction of sp³-hybridized carbons (Fsp3) is 0.406. The SMILES string of the molecule is C=Cn1ncc(C(=O)Nc2cc(C3CCN(C(=O)OC(C)(C)C)CC3)nn2-c2ccc(C(=C)OC(C)(C)C)cc2)c1N=C.